The van der Waals surface area contributed by atoms with Gasteiger partial charge in [-0.3, -0.25) is 9.59 Å². The predicted molar refractivity (Wildman–Crippen MR) is 134 cm³/mol. The molecule has 0 bridgehead atoms. The molecule has 0 radical (unpaired) electrons. The maximum absolute atomic E-state index is 13.7. The highest BCUT2D eigenvalue weighted by Crippen LogP contribution is 2.54. The lowest BCUT2D eigenvalue weighted by Gasteiger charge is -2.43. The molecule has 34 heavy (non-hydrogen) atoms. The van der Waals surface area contributed by atoms with Gasteiger partial charge in [-0.15, -0.1) is 0 Å². The molecule has 1 unspecified atom stereocenters. The zero-order valence-corrected chi connectivity index (χ0v) is 20.7. The Morgan fingerprint density at radius 3 is 2.65 bits per heavy atom. The quantitative estimate of drug-likeness (QED) is 0.293. The standard InChI is InChI=1S/C25H22N2O5S2/c1-12-11-25(2,3)27-19-15(12)9-13(32-23(30)14-7-5-6-8-17(14)31-4)10-16(19)18(22(27)29)20-21(28)26-24(33)34-20/h5-10,12H,11H2,1-4H3,(H,26,28,33)/b20-18-. The van der Waals surface area contributed by atoms with Crippen molar-refractivity contribution >= 4 is 57.3 Å². The van der Waals surface area contributed by atoms with Gasteiger partial charge in [0.1, 0.15) is 21.4 Å². The molecule has 1 N–H and O–H groups in total. The van der Waals surface area contributed by atoms with E-state index >= 15 is 0 Å². The smallest absolute Gasteiger partial charge is 0.347 e. The van der Waals surface area contributed by atoms with Gasteiger partial charge in [0, 0.05) is 11.1 Å². The Morgan fingerprint density at radius 1 is 1.24 bits per heavy atom. The Kier molecular flexibility index (Phi) is 5.29. The summed E-state index contributed by atoms with van der Waals surface area (Å²) in [5.41, 5.74) is 2.37. The molecular weight excluding hydrogens is 472 g/mol. The first-order valence-corrected chi connectivity index (χ1v) is 12.0. The molecule has 9 heteroatoms. The summed E-state index contributed by atoms with van der Waals surface area (Å²) in [7, 11) is 1.49. The molecule has 0 aromatic heterocycles. The number of ether oxygens (including phenoxy) is 2. The normalized spacial score (nSPS) is 22.5. The molecule has 1 fully saturated rings. The molecule has 3 aliphatic heterocycles. The number of nitrogens with zero attached hydrogens (tertiary/aromatic N) is 1. The molecule has 174 valence electrons. The van der Waals surface area contributed by atoms with E-state index in [0.29, 0.717) is 26.9 Å². The van der Waals surface area contributed by atoms with Crippen LogP contribution in [0.3, 0.4) is 0 Å². The predicted octanol–water partition coefficient (Wildman–Crippen LogP) is 4.41. The van der Waals surface area contributed by atoms with E-state index < -0.39 is 17.4 Å². The molecule has 3 aliphatic rings. The Balaban J connectivity index is 1.67. The third-order valence-corrected chi connectivity index (χ3v) is 7.58. The monoisotopic (exact) mass is 494 g/mol. The summed E-state index contributed by atoms with van der Waals surface area (Å²) < 4.78 is 11.4. The number of thiocarbonyl (C=S) groups is 1. The lowest BCUT2D eigenvalue weighted by Crippen LogP contribution is -2.49. The number of anilines is 1. The van der Waals surface area contributed by atoms with Crippen LogP contribution in [0.1, 0.15) is 54.6 Å². The van der Waals surface area contributed by atoms with Gasteiger partial charge in [-0.05, 0) is 56.0 Å². The molecule has 1 atom stereocenters. The number of para-hydroxylation sites is 1. The number of hydrogen-bond donors (Lipinski definition) is 1. The molecular formula is C25H22N2O5S2. The SMILES string of the molecule is COc1ccccc1C(=O)Oc1cc2c3c(c1)C(C)CC(C)(C)N3C(=O)/C2=C1\SC(=S)NC1=O. The van der Waals surface area contributed by atoms with Crippen molar-refractivity contribution in [2.24, 2.45) is 0 Å². The first-order chi connectivity index (χ1) is 16.1. The lowest BCUT2D eigenvalue weighted by atomic mass is 9.80. The average molecular weight is 495 g/mol. The highest BCUT2D eigenvalue weighted by Gasteiger charge is 2.49. The Labute approximate surface area is 206 Å². The minimum absolute atomic E-state index is 0.105. The number of benzene rings is 2. The van der Waals surface area contributed by atoms with Gasteiger partial charge in [0.2, 0.25) is 0 Å². The number of carbonyl (C=O) groups excluding carboxylic acids is 3. The molecule has 1 saturated heterocycles. The van der Waals surface area contributed by atoms with Crippen LogP contribution in [0.15, 0.2) is 41.3 Å². The van der Waals surface area contributed by atoms with Gasteiger partial charge in [-0.1, -0.05) is 43.0 Å². The maximum atomic E-state index is 13.7. The minimum Gasteiger partial charge on any atom is -0.496 e. The van der Waals surface area contributed by atoms with Gasteiger partial charge in [0.05, 0.1) is 23.3 Å². The number of rotatable bonds is 3. The highest BCUT2D eigenvalue weighted by molar-refractivity contribution is 8.27. The number of nitrogens with one attached hydrogen (secondary N) is 1. The van der Waals surface area contributed by atoms with Crippen LogP contribution in [-0.2, 0) is 9.59 Å². The Morgan fingerprint density at radius 2 is 1.97 bits per heavy atom. The minimum atomic E-state index is -0.571. The summed E-state index contributed by atoms with van der Waals surface area (Å²) in [4.78, 5) is 41.3. The highest BCUT2D eigenvalue weighted by atomic mass is 32.2. The molecule has 2 aromatic carbocycles. The fourth-order valence-corrected chi connectivity index (χ4v) is 6.15. The van der Waals surface area contributed by atoms with E-state index in [1.807, 2.05) is 19.9 Å². The molecule has 0 saturated carbocycles. The van der Waals surface area contributed by atoms with Crippen molar-refractivity contribution in [3.63, 3.8) is 0 Å². The van der Waals surface area contributed by atoms with Crippen LogP contribution in [-0.4, -0.2) is 34.8 Å². The molecule has 7 nitrogen and oxygen atoms in total. The number of amides is 2. The third kappa shape index (κ3) is 3.42. The van der Waals surface area contributed by atoms with Crippen LogP contribution >= 0.6 is 24.0 Å². The van der Waals surface area contributed by atoms with E-state index in [0.717, 1.165) is 29.4 Å². The van der Waals surface area contributed by atoms with E-state index in [2.05, 4.69) is 12.2 Å². The summed E-state index contributed by atoms with van der Waals surface area (Å²) >= 11 is 6.24. The van der Waals surface area contributed by atoms with E-state index in [1.165, 1.54) is 7.11 Å². The molecule has 5 rings (SSSR count). The Bertz CT molecular complexity index is 1330. The summed E-state index contributed by atoms with van der Waals surface area (Å²) in [6, 6.07) is 10.3. The maximum Gasteiger partial charge on any atom is 0.347 e. The molecule has 2 amide bonds. The number of carbonyl (C=O) groups is 3. The number of hydrogen-bond acceptors (Lipinski definition) is 7. The van der Waals surface area contributed by atoms with Crippen molar-refractivity contribution in [3.05, 3.63) is 58.0 Å². The Hall–Kier alpha value is -3.17. The van der Waals surface area contributed by atoms with Crippen LogP contribution in [0.4, 0.5) is 5.69 Å². The summed E-state index contributed by atoms with van der Waals surface area (Å²) in [5, 5.41) is 2.60. The van der Waals surface area contributed by atoms with Gasteiger partial charge >= 0.3 is 5.97 Å². The fraction of sp³-hybridized carbons (Fsp3) is 0.280. The van der Waals surface area contributed by atoms with Crippen LogP contribution in [0.25, 0.3) is 5.57 Å². The zero-order chi connectivity index (χ0) is 24.4. The zero-order valence-electron chi connectivity index (χ0n) is 19.1. The van der Waals surface area contributed by atoms with E-state index in [1.54, 1.807) is 35.2 Å². The summed E-state index contributed by atoms with van der Waals surface area (Å²) in [5.74, 6) is -0.402. The van der Waals surface area contributed by atoms with Gasteiger partial charge in [-0.2, -0.15) is 0 Å². The fourth-order valence-electron chi connectivity index (χ4n) is 5.03. The van der Waals surface area contributed by atoms with Crippen molar-refractivity contribution < 1.29 is 23.9 Å². The first kappa shape index (κ1) is 22.6. The van der Waals surface area contributed by atoms with Crippen molar-refractivity contribution in [2.45, 2.75) is 38.6 Å². The van der Waals surface area contributed by atoms with Crippen LogP contribution in [0.5, 0.6) is 11.5 Å². The van der Waals surface area contributed by atoms with Crippen LogP contribution in [0, 0.1) is 0 Å². The average Bonchev–Trinajstić information content (AvgIpc) is 3.26. The molecule has 0 spiro atoms. The number of thioether (sulfide) groups is 1. The first-order valence-electron chi connectivity index (χ1n) is 10.8. The topological polar surface area (TPSA) is 84.9 Å². The van der Waals surface area contributed by atoms with Gasteiger partial charge in [0.25, 0.3) is 11.8 Å². The summed E-state index contributed by atoms with van der Waals surface area (Å²) in [6.45, 7) is 6.12. The van der Waals surface area contributed by atoms with Gasteiger partial charge < -0.3 is 19.7 Å². The van der Waals surface area contributed by atoms with Crippen molar-refractivity contribution in [1.82, 2.24) is 5.32 Å². The second kappa shape index (κ2) is 7.95. The lowest BCUT2D eigenvalue weighted by molar-refractivity contribution is -0.116. The van der Waals surface area contributed by atoms with Crippen LogP contribution < -0.4 is 19.7 Å². The largest absolute Gasteiger partial charge is 0.496 e. The third-order valence-electron chi connectivity index (χ3n) is 6.35. The van der Waals surface area contributed by atoms with Gasteiger partial charge in [-0.25, -0.2) is 4.79 Å². The van der Waals surface area contributed by atoms with Crippen LogP contribution in [0.2, 0.25) is 0 Å². The van der Waals surface area contributed by atoms with E-state index in [-0.39, 0.29) is 22.3 Å². The van der Waals surface area contributed by atoms with E-state index in [9.17, 15) is 14.4 Å². The summed E-state index contributed by atoms with van der Waals surface area (Å²) in [6.07, 6.45) is 0.718. The van der Waals surface area contributed by atoms with Gasteiger partial charge in [0.15, 0.2) is 0 Å². The van der Waals surface area contributed by atoms with Crippen molar-refractivity contribution in [3.8, 4) is 11.5 Å². The second-order valence-corrected chi connectivity index (χ2v) is 10.8. The molecule has 3 heterocycles. The van der Waals surface area contributed by atoms with Crippen molar-refractivity contribution in [2.75, 3.05) is 12.0 Å². The number of methoxy groups -OCH3 is 1. The second-order valence-electron chi connectivity index (χ2n) is 9.10. The van der Waals surface area contributed by atoms with Crippen molar-refractivity contribution in [1.29, 1.82) is 0 Å². The van der Waals surface area contributed by atoms with E-state index in [4.69, 9.17) is 21.7 Å². The molecule has 2 aromatic rings. The number of esters is 1. The molecule has 0 aliphatic carbocycles.